The number of ether oxygens (including phenoxy) is 1. The van der Waals surface area contributed by atoms with Crippen molar-refractivity contribution in [3.8, 4) is 5.75 Å². The molecule has 0 fully saturated rings. The molecule has 0 radical (unpaired) electrons. The number of rotatable bonds is 6. The monoisotopic (exact) mass is 386 g/mol. The SMILES string of the molecule is CN(Cc1ccccc1F)C(=O)COc1ccc([N+](=O)[O-])cc1C(F)(F)F. The van der Waals surface area contributed by atoms with Crippen molar-refractivity contribution in [2.24, 2.45) is 0 Å². The van der Waals surface area contributed by atoms with Gasteiger partial charge in [-0.05, 0) is 12.1 Å². The van der Waals surface area contributed by atoms with Crippen LogP contribution in [0, 0.1) is 15.9 Å². The van der Waals surface area contributed by atoms with Crippen LogP contribution in [0.1, 0.15) is 11.1 Å². The first kappa shape index (κ1) is 20.1. The molecular weight excluding hydrogens is 372 g/mol. The van der Waals surface area contributed by atoms with E-state index in [4.69, 9.17) is 4.74 Å². The summed E-state index contributed by atoms with van der Waals surface area (Å²) in [6, 6.07) is 7.72. The van der Waals surface area contributed by atoms with Crippen LogP contribution >= 0.6 is 0 Å². The van der Waals surface area contributed by atoms with Crippen LogP contribution in [0.25, 0.3) is 0 Å². The van der Waals surface area contributed by atoms with Gasteiger partial charge in [-0.15, -0.1) is 0 Å². The molecule has 2 aromatic carbocycles. The number of benzene rings is 2. The lowest BCUT2D eigenvalue weighted by Gasteiger charge is -2.19. The molecule has 0 saturated heterocycles. The van der Waals surface area contributed by atoms with Crippen molar-refractivity contribution in [1.29, 1.82) is 0 Å². The summed E-state index contributed by atoms with van der Waals surface area (Å²) in [6.07, 6.45) is -4.90. The molecule has 0 unspecified atom stereocenters. The largest absolute Gasteiger partial charge is 0.483 e. The predicted molar refractivity (Wildman–Crippen MR) is 86.5 cm³/mol. The van der Waals surface area contributed by atoms with Gasteiger partial charge in [0.05, 0.1) is 4.92 Å². The van der Waals surface area contributed by atoms with Crippen LogP contribution in [-0.4, -0.2) is 29.4 Å². The summed E-state index contributed by atoms with van der Waals surface area (Å²) in [7, 11) is 1.35. The van der Waals surface area contributed by atoms with Crippen molar-refractivity contribution in [2.45, 2.75) is 12.7 Å². The van der Waals surface area contributed by atoms with Gasteiger partial charge in [-0.2, -0.15) is 13.2 Å². The van der Waals surface area contributed by atoms with Gasteiger partial charge >= 0.3 is 6.18 Å². The molecule has 0 aromatic heterocycles. The molecule has 10 heteroatoms. The lowest BCUT2D eigenvalue weighted by Crippen LogP contribution is -2.31. The predicted octanol–water partition coefficient (Wildman–Crippen LogP) is 3.79. The Balaban J connectivity index is 2.10. The first-order chi connectivity index (χ1) is 12.6. The Hall–Kier alpha value is -3.17. The summed E-state index contributed by atoms with van der Waals surface area (Å²) in [5.41, 5.74) is -1.88. The van der Waals surface area contributed by atoms with Crippen LogP contribution in [0.3, 0.4) is 0 Å². The van der Waals surface area contributed by atoms with Gasteiger partial charge in [-0.1, -0.05) is 18.2 Å². The number of hydrogen-bond donors (Lipinski definition) is 0. The molecule has 27 heavy (non-hydrogen) atoms. The fraction of sp³-hybridized carbons (Fsp3) is 0.235. The summed E-state index contributed by atoms with van der Waals surface area (Å²) < 4.78 is 57.7. The lowest BCUT2D eigenvalue weighted by atomic mass is 10.1. The molecule has 0 bridgehead atoms. The number of halogens is 4. The zero-order valence-corrected chi connectivity index (χ0v) is 14.0. The van der Waals surface area contributed by atoms with E-state index in [1.54, 1.807) is 6.07 Å². The van der Waals surface area contributed by atoms with Crippen LogP contribution in [-0.2, 0) is 17.5 Å². The molecule has 144 valence electrons. The van der Waals surface area contributed by atoms with Gasteiger partial charge in [-0.25, -0.2) is 4.39 Å². The maximum absolute atomic E-state index is 13.6. The van der Waals surface area contributed by atoms with Gasteiger partial charge < -0.3 is 9.64 Å². The van der Waals surface area contributed by atoms with Crippen molar-refractivity contribution in [1.82, 2.24) is 4.90 Å². The molecule has 0 aliphatic carbocycles. The van der Waals surface area contributed by atoms with Crippen molar-refractivity contribution in [3.63, 3.8) is 0 Å². The summed E-state index contributed by atoms with van der Waals surface area (Å²) >= 11 is 0. The number of non-ortho nitro benzene ring substituents is 1. The summed E-state index contributed by atoms with van der Waals surface area (Å²) in [5.74, 6) is -1.92. The highest BCUT2D eigenvalue weighted by molar-refractivity contribution is 5.77. The number of nitrogens with zero attached hydrogens (tertiary/aromatic N) is 2. The van der Waals surface area contributed by atoms with Crippen LogP contribution in [0.15, 0.2) is 42.5 Å². The van der Waals surface area contributed by atoms with Crippen LogP contribution in [0.4, 0.5) is 23.2 Å². The van der Waals surface area contributed by atoms with Gasteiger partial charge in [0.1, 0.15) is 17.1 Å². The second-order valence-electron chi connectivity index (χ2n) is 5.57. The molecule has 0 heterocycles. The van der Waals surface area contributed by atoms with E-state index in [0.717, 1.165) is 17.0 Å². The van der Waals surface area contributed by atoms with Gasteiger partial charge in [-0.3, -0.25) is 14.9 Å². The van der Waals surface area contributed by atoms with Crippen molar-refractivity contribution < 1.29 is 32.0 Å². The highest BCUT2D eigenvalue weighted by Crippen LogP contribution is 2.38. The molecule has 0 N–H and O–H groups in total. The number of carbonyl (C=O) groups excluding carboxylic acids is 1. The minimum atomic E-state index is -4.90. The van der Waals surface area contributed by atoms with Gasteiger partial charge in [0.25, 0.3) is 11.6 Å². The standard InChI is InChI=1S/C17H14F4N2O4/c1-22(9-11-4-2-3-5-14(11)18)16(24)10-27-15-7-6-12(23(25)26)8-13(15)17(19,20)21/h2-8H,9-10H2,1H3. The molecule has 0 aliphatic rings. The first-order valence-electron chi connectivity index (χ1n) is 7.55. The number of amides is 1. The third kappa shape index (κ3) is 5.16. The lowest BCUT2D eigenvalue weighted by molar-refractivity contribution is -0.385. The maximum atomic E-state index is 13.6. The Morgan fingerprint density at radius 1 is 1.22 bits per heavy atom. The summed E-state index contributed by atoms with van der Waals surface area (Å²) in [4.78, 5) is 22.8. The summed E-state index contributed by atoms with van der Waals surface area (Å²) in [6.45, 7) is -0.840. The Bertz CT molecular complexity index is 855. The average molecular weight is 386 g/mol. The number of alkyl halides is 3. The van der Waals surface area contributed by atoms with Gasteiger partial charge in [0.15, 0.2) is 6.61 Å². The quantitative estimate of drug-likeness (QED) is 0.430. The van der Waals surface area contributed by atoms with E-state index >= 15 is 0 Å². The number of nitro benzene ring substituents is 1. The minimum absolute atomic E-state index is 0.0960. The van der Waals surface area contributed by atoms with Gasteiger partial charge in [0.2, 0.25) is 0 Å². The average Bonchev–Trinajstić information content (AvgIpc) is 2.60. The number of likely N-dealkylation sites (N-methyl/N-ethyl adjacent to an activating group) is 1. The Morgan fingerprint density at radius 2 is 1.89 bits per heavy atom. The van der Waals surface area contributed by atoms with E-state index in [1.807, 2.05) is 0 Å². The van der Waals surface area contributed by atoms with Crippen LogP contribution < -0.4 is 4.74 Å². The second-order valence-corrected chi connectivity index (χ2v) is 5.57. The van der Waals surface area contributed by atoms with E-state index in [0.29, 0.717) is 6.07 Å². The molecule has 1 amide bonds. The molecule has 6 nitrogen and oxygen atoms in total. The van der Waals surface area contributed by atoms with Crippen molar-refractivity contribution in [3.05, 3.63) is 69.5 Å². The van der Waals surface area contributed by atoms with E-state index in [2.05, 4.69) is 0 Å². The molecule has 2 rings (SSSR count). The first-order valence-corrected chi connectivity index (χ1v) is 7.55. The highest BCUT2D eigenvalue weighted by atomic mass is 19.4. The number of nitro groups is 1. The van der Waals surface area contributed by atoms with E-state index in [1.165, 1.54) is 25.2 Å². The third-order valence-electron chi connectivity index (χ3n) is 3.62. The fourth-order valence-electron chi connectivity index (χ4n) is 2.20. The number of carbonyl (C=O) groups is 1. The zero-order valence-electron chi connectivity index (χ0n) is 14.0. The molecule has 0 atom stereocenters. The zero-order chi connectivity index (χ0) is 20.2. The molecular formula is C17H14F4N2O4. The van der Waals surface area contributed by atoms with E-state index in [9.17, 15) is 32.5 Å². The minimum Gasteiger partial charge on any atom is -0.483 e. The molecule has 2 aromatic rings. The van der Waals surface area contributed by atoms with Crippen LogP contribution in [0.2, 0.25) is 0 Å². The van der Waals surface area contributed by atoms with Crippen LogP contribution in [0.5, 0.6) is 5.75 Å². The molecule has 0 aliphatic heterocycles. The Morgan fingerprint density at radius 3 is 2.48 bits per heavy atom. The maximum Gasteiger partial charge on any atom is 0.420 e. The summed E-state index contributed by atoms with van der Waals surface area (Å²) in [5, 5.41) is 10.7. The third-order valence-corrected chi connectivity index (χ3v) is 3.62. The van der Waals surface area contributed by atoms with Gasteiger partial charge in [0, 0.05) is 31.3 Å². The van der Waals surface area contributed by atoms with E-state index < -0.39 is 46.4 Å². The van der Waals surface area contributed by atoms with E-state index in [-0.39, 0.29) is 12.1 Å². The highest BCUT2D eigenvalue weighted by Gasteiger charge is 2.36. The second kappa shape index (κ2) is 8.02. The number of hydrogen-bond acceptors (Lipinski definition) is 4. The van der Waals surface area contributed by atoms with Crippen molar-refractivity contribution in [2.75, 3.05) is 13.7 Å². The molecule has 0 saturated carbocycles. The normalized spacial score (nSPS) is 11.1. The Labute approximate surface area is 151 Å². The molecule has 0 spiro atoms. The topological polar surface area (TPSA) is 72.7 Å². The smallest absolute Gasteiger partial charge is 0.420 e. The fourth-order valence-corrected chi connectivity index (χ4v) is 2.20. The van der Waals surface area contributed by atoms with Crippen molar-refractivity contribution >= 4 is 11.6 Å². The Kier molecular flexibility index (Phi) is 5.98.